The minimum absolute atomic E-state index is 0.0869. The van der Waals surface area contributed by atoms with Crippen LogP contribution >= 0.6 is 0 Å². The third kappa shape index (κ3) is 3.23. The summed E-state index contributed by atoms with van der Waals surface area (Å²) in [7, 11) is 1.40. The number of hydrogen-bond acceptors (Lipinski definition) is 5. The summed E-state index contributed by atoms with van der Waals surface area (Å²) in [6.45, 7) is 2.59. The van der Waals surface area contributed by atoms with E-state index < -0.39 is 0 Å². The molecule has 2 aliphatic rings. The van der Waals surface area contributed by atoms with Gasteiger partial charge in [0.25, 0.3) is 0 Å². The maximum absolute atomic E-state index is 11.5. The van der Waals surface area contributed by atoms with Gasteiger partial charge in [0, 0.05) is 19.6 Å². The molecule has 2 rings (SSSR count). The van der Waals surface area contributed by atoms with Crippen LogP contribution in [-0.4, -0.2) is 67.5 Å². The smallest absolute Gasteiger partial charge is 0.324 e. The Bertz CT molecular complexity index is 369. The number of esters is 1. The molecule has 0 aromatic carbocycles. The van der Waals surface area contributed by atoms with Crippen LogP contribution in [0.4, 0.5) is 4.79 Å². The Labute approximate surface area is 111 Å². The Balaban J connectivity index is 1.81. The third-order valence-corrected chi connectivity index (χ3v) is 3.62. The summed E-state index contributed by atoms with van der Waals surface area (Å²) in [4.78, 5) is 37.6. The van der Waals surface area contributed by atoms with Crippen LogP contribution in [0.5, 0.6) is 0 Å². The average molecular weight is 269 g/mol. The molecule has 19 heavy (non-hydrogen) atoms. The molecule has 1 unspecified atom stereocenters. The average Bonchev–Trinajstić information content (AvgIpc) is 2.75. The number of hydrogen-bond donors (Lipinski definition) is 1. The van der Waals surface area contributed by atoms with Crippen LogP contribution in [0.2, 0.25) is 0 Å². The highest BCUT2D eigenvalue weighted by Crippen LogP contribution is 2.17. The number of methoxy groups -OCH3 is 1. The number of carbonyl (C=O) groups is 3. The van der Waals surface area contributed by atoms with Crippen molar-refractivity contribution in [2.24, 2.45) is 5.92 Å². The summed E-state index contributed by atoms with van der Waals surface area (Å²) in [6, 6.07) is -0.327. The summed E-state index contributed by atoms with van der Waals surface area (Å²) >= 11 is 0. The van der Waals surface area contributed by atoms with Crippen molar-refractivity contribution in [2.45, 2.75) is 12.8 Å². The van der Waals surface area contributed by atoms with E-state index in [4.69, 9.17) is 4.74 Å². The lowest BCUT2D eigenvalue weighted by molar-refractivity contribution is -0.147. The van der Waals surface area contributed by atoms with Crippen molar-refractivity contribution in [1.82, 2.24) is 15.1 Å². The molecule has 2 saturated heterocycles. The number of nitrogens with zero attached hydrogens (tertiary/aromatic N) is 2. The second-order valence-corrected chi connectivity index (χ2v) is 4.87. The maximum atomic E-state index is 11.5. The molecule has 2 fully saturated rings. The Morgan fingerprint density at radius 1 is 1.42 bits per heavy atom. The fraction of sp³-hybridized carbons (Fsp3) is 0.750. The quantitative estimate of drug-likeness (QED) is 0.546. The fourth-order valence-corrected chi connectivity index (χ4v) is 2.54. The van der Waals surface area contributed by atoms with Gasteiger partial charge in [0.1, 0.15) is 0 Å². The van der Waals surface area contributed by atoms with Crippen LogP contribution < -0.4 is 5.32 Å². The molecule has 1 N–H and O–H groups in total. The van der Waals surface area contributed by atoms with Crippen molar-refractivity contribution in [3.8, 4) is 0 Å². The molecule has 106 valence electrons. The van der Waals surface area contributed by atoms with Gasteiger partial charge in [-0.1, -0.05) is 0 Å². The lowest BCUT2D eigenvalue weighted by Crippen LogP contribution is -2.44. The predicted molar refractivity (Wildman–Crippen MR) is 66.3 cm³/mol. The minimum atomic E-state index is -0.327. The van der Waals surface area contributed by atoms with E-state index in [1.54, 1.807) is 0 Å². The van der Waals surface area contributed by atoms with E-state index in [9.17, 15) is 14.4 Å². The lowest BCUT2D eigenvalue weighted by atomic mass is 9.98. The summed E-state index contributed by atoms with van der Waals surface area (Å²) in [5.74, 6) is -0.465. The molecule has 0 spiro atoms. The van der Waals surface area contributed by atoms with Gasteiger partial charge in [-0.05, 0) is 19.4 Å². The number of imide groups is 1. The zero-order valence-electron chi connectivity index (χ0n) is 11.1. The molecule has 2 aliphatic heterocycles. The topological polar surface area (TPSA) is 79.0 Å². The Morgan fingerprint density at radius 2 is 2.21 bits per heavy atom. The van der Waals surface area contributed by atoms with Gasteiger partial charge in [-0.25, -0.2) is 4.79 Å². The van der Waals surface area contributed by atoms with Crippen molar-refractivity contribution in [2.75, 3.05) is 39.8 Å². The number of amides is 3. The fourth-order valence-electron chi connectivity index (χ4n) is 2.54. The molecule has 3 amide bonds. The van der Waals surface area contributed by atoms with E-state index in [0.717, 1.165) is 19.4 Å². The maximum Gasteiger partial charge on any atom is 0.324 e. The van der Waals surface area contributed by atoms with Gasteiger partial charge in [-0.3, -0.25) is 14.5 Å². The first-order chi connectivity index (χ1) is 9.11. The molecule has 0 aromatic heterocycles. The van der Waals surface area contributed by atoms with Crippen molar-refractivity contribution in [1.29, 1.82) is 0 Å². The lowest BCUT2D eigenvalue weighted by Gasteiger charge is -2.31. The number of urea groups is 1. The second kappa shape index (κ2) is 6.01. The van der Waals surface area contributed by atoms with Crippen molar-refractivity contribution in [3.05, 3.63) is 0 Å². The second-order valence-electron chi connectivity index (χ2n) is 4.87. The number of piperidine rings is 1. The van der Waals surface area contributed by atoms with Crippen molar-refractivity contribution >= 4 is 17.9 Å². The monoisotopic (exact) mass is 269 g/mol. The molecule has 7 nitrogen and oxygen atoms in total. The van der Waals surface area contributed by atoms with E-state index in [0.29, 0.717) is 19.6 Å². The highest BCUT2D eigenvalue weighted by atomic mass is 16.5. The number of nitrogens with one attached hydrogen (secondary N) is 1. The van der Waals surface area contributed by atoms with Crippen LogP contribution in [-0.2, 0) is 14.3 Å². The SMILES string of the molecule is COC(=O)C1CCCN(CCN2C(=O)CNC2=O)C1. The first-order valence-corrected chi connectivity index (χ1v) is 6.50. The minimum Gasteiger partial charge on any atom is -0.469 e. The highest BCUT2D eigenvalue weighted by Gasteiger charge is 2.30. The molecule has 0 aliphatic carbocycles. The molecule has 0 aromatic rings. The zero-order chi connectivity index (χ0) is 13.8. The summed E-state index contributed by atoms with van der Waals surface area (Å²) in [5.41, 5.74) is 0. The van der Waals surface area contributed by atoms with Crippen LogP contribution in [0.1, 0.15) is 12.8 Å². The van der Waals surface area contributed by atoms with Gasteiger partial charge in [0.2, 0.25) is 5.91 Å². The Morgan fingerprint density at radius 3 is 2.84 bits per heavy atom. The summed E-state index contributed by atoms with van der Waals surface area (Å²) in [6.07, 6.45) is 1.77. The first-order valence-electron chi connectivity index (χ1n) is 6.50. The van der Waals surface area contributed by atoms with Gasteiger partial charge < -0.3 is 15.0 Å². The summed E-state index contributed by atoms with van der Waals surface area (Å²) in [5, 5.41) is 2.49. The van der Waals surface area contributed by atoms with Crippen molar-refractivity contribution < 1.29 is 19.1 Å². The molecule has 0 saturated carbocycles. The Hall–Kier alpha value is -1.63. The van der Waals surface area contributed by atoms with Crippen LogP contribution in [0.3, 0.4) is 0 Å². The standard InChI is InChI=1S/C12H19N3O4/c1-19-11(17)9-3-2-4-14(8-9)5-6-15-10(16)7-13-12(15)18/h9H,2-8H2,1H3,(H,13,18). The summed E-state index contributed by atoms with van der Waals surface area (Å²) < 4.78 is 4.76. The Kier molecular flexibility index (Phi) is 4.36. The highest BCUT2D eigenvalue weighted by molar-refractivity contribution is 6.01. The predicted octanol–water partition coefficient (Wildman–Crippen LogP) is -0.577. The largest absolute Gasteiger partial charge is 0.469 e. The molecule has 7 heteroatoms. The first kappa shape index (κ1) is 13.8. The molecule has 2 heterocycles. The third-order valence-electron chi connectivity index (χ3n) is 3.62. The van der Waals surface area contributed by atoms with Gasteiger partial charge >= 0.3 is 12.0 Å². The van der Waals surface area contributed by atoms with Crippen LogP contribution in [0.15, 0.2) is 0 Å². The van der Waals surface area contributed by atoms with E-state index in [1.807, 2.05) is 0 Å². The van der Waals surface area contributed by atoms with Crippen molar-refractivity contribution in [3.63, 3.8) is 0 Å². The van der Waals surface area contributed by atoms with Crippen LogP contribution in [0, 0.1) is 5.92 Å². The number of rotatable bonds is 4. The van der Waals surface area contributed by atoms with E-state index in [2.05, 4.69) is 10.2 Å². The molecule has 0 radical (unpaired) electrons. The number of ether oxygens (including phenoxy) is 1. The van der Waals surface area contributed by atoms with Gasteiger partial charge in [-0.2, -0.15) is 0 Å². The van der Waals surface area contributed by atoms with Gasteiger partial charge in [0.15, 0.2) is 0 Å². The molecule has 0 bridgehead atoms. The van der Waals surface area contributed by atoms with E-state index in [-0.39, 0.29) is 30.4 Å². The van der Waals surface area contributed by atoms with Gasteiger partial charge in [0.05, 0.1) is 19.6 Å². The molecule has 1 atom stereocenters. The van der Waals surface area contributed by atoms with E-state index in [1.165, 1.54) is 12.0 Å². The normalized spacial score (nSPS) is 24.5. The molecular formula is C12H19N3O4. The van der Waals surface area contributed by atoms with Gasteiger partial charge in [-0.15, -0.1) is 0 Å². The number of likely N-dealkylation sites (tertiary alicyclic amines) is 1. The zero-order valence-corrected chi connectivity index (χ0v) is 11.1. The van der Waals surface area contributed by atoms with Crippen LogP contribution in [0.25, 0.3) is 0 Å². The molecular weight excluding hydrogens is 250 g/mol. The number of carbonyl (C=O) groups excluding carboxylic acids is 3. The van der Waals surface area contributed by atoms with E-state index >= 15 is 0 Å².